The number of carbonyl (C=O) groups excluding carboxylic acids is 1. The normalized spacial score (nSPS) is 13.9. The third kappa shape index (κ3) is 3.27. The van der Waals surface area contributed by atoms with Crippen molar-refractivity contribution < 1.29 is 14.1 Å². The lowest BCUT2D eigenvalue weighted by atomic mass is 9.99. The molecular weight excluding hydrogens is 254 g/mol. The van der Waals surface area contributed by atoms with Crippen LogP contribution in [-0.4, -0.2) is 28.7 Å². The van der Waals surface area contributed by atoms with Gasteiger partial charge in [-0.3, -0.25) is 4.79 Å². The third-order valence-corrected chi connectivity index (χ3v) is 3.17. The van der Waals surface area contributed by atoms with E-state index in [1.807, 2.05) is 6.92 Å². The number of rotatable bonds is 6. The summed E-state index contributed by atoms with van der Waals surface area (Å²) in [5.74, 6) is 0.106. The molecule has 1 heterocycles. The van der Waals surface area contributed by atoms with Gasteiger partial charge < -0.3 is 20.3 Å². The van der Waals surface area contributed by atoms with Gasteiger partial charge in [0.05, 0.1) is 10.5 Å². The summed E-state index contributed by atoms with van der Waals surface area (Å²) >= 11 is 4.94. The van der Waals surface area contributed by atoms with E-state index < -0.39 is 5.54 Å². The molecule has 0 aromatic carbocycles. The second-order valence-electron chi connectivity index (χ2n) is 4.12. The van der Waals surface area contributed by atoms with Crippen LogP contribution in [0.5, 0.6) is 0 Å². The van der Waals surface area contributed by atoms with E-state index in [0.717, 1.165) is 0 Å². The van der Waals surface area contributed by atoms with Crippen molar-refractivity contribution in [2.24, 2.45) is 5.73 Å². The Hall–Kier alpha value is -1.47. The number of hydrogen-bond acceptors (Lipinski definition) is 5. The number of ether oxygens (including phenoxy) is 1. The molecule has 1 amide bonds. The first-order chi connectivity index (χ1) is 8.42. The summed E-state index contributed by atoms with van der Waals surface area (Å²) in [6.45, 7) is 3.92. The highest BCUT2D eigenvalue weighted by Gasteiger charge is 2.29. The minimum Gasteiger partial charge on any atom is -0.391 e. The van der Waals surface area contributed by atoms with Crippen molar-refractivity contribution in [3.05, 3.63) is 17.5 Å². The van der Waals surface area contributed by atoms with Crippen molar-refractivity contribution in [2.45, 2.75) is 32.4 Å². The zero-order valence-corrected chi connectivity index (χ0v) is 11.5. The van der Waals surface area contributed by atoms with Gasteiger partial charge in [-0.15, -0.1) is 0 Å². The topological polar surface area (TPSA) is 90.4 Å². The quantitative estimate of drug-likeness (QED) is 0.750. The summed E-state index contributed by atoms with van der Waals surface area (Å²) in [5, 5.41) is 6.41. The Bertz CT molecular complexity index is 446. The van der Waals surface area contributed by atoms with Crippen LogP contribution in [0.25, 0.3) is 0 Å². The van der Waals surface area contributed by atoms with E-state index >= 15 is 0 Å². The van der Waals surface area contributed by atoms with Crippen LogP contribution in [0.2, 0.25) is 0 Å². The van der Waals surface area contributed by atoms with Gasteiger partial charge in [0, 0.05) is 13.2 Å². The minimum atomic E-state index is -0.729. The van der Waals surface area contributed by atoms with E-state index in [9.17, 15) is 4.79 Å². The number of hydrogen-bond donors (Lipinski definition) is 2. The fourth-order valence-corrected chi connectivity index (χ4v) is 1.46. The summed E-state index contributed by atoms with van der Waals surface area (Å²) < 4.78 is 9.81. The molecule has 1 unspecified atom stereocenters. The standard InChI is InChI=1S/C11H17N3O3S/c1-4-11(2,10(12)18)13-9(15)8-5-7(6-16-3)17-14-8/h5H,4,6H2,1-3H3,(H2,12,18)(H,13,15). The maximum atomic E-state index is 12.0. The Morgan fingerprint density at radius 1 is 1.72 bits per heavy atom. The van der Waals surface area contributed by atoms with Gasteiger partial charge in [0.2, 0.25) is 0 Å². The molecule has 0 aliphatic rings. The molecule has 0 fully saturated rings. The lowest BCUT2D eigenvalue weighted by molar-refractivity contribution is 0.0916. The monoisotopic (exact) mass is 271 g/mol. The highest BCUT2D eigenvalue weighted by atomic mass is 32.1. The van der Waals surface area contributed by atoms with Crippen LogP contribution in [0.1, 0.15) is 36.5 Å². The Morgan fingerprint density at radius 3 is 2.89 bits per heavy atom. The van der Waals surface area contributed by atoms with Crippen LogP contribution in [0, 0.1) is 0 Å². The Kier molecular flexibility index (Phi) is 4.80. The van der Waals surface area contributed by atoms with E-state index in [0.29, 0.717) is 12.2 Å². The Balaban J connectivity index is 2.78. The van der Waals surface area contributed by atoms with Crippen LogP contribution in [0.15, 0.2) is 10.6 Å². The average molecular weight is 271 g/mol. The smallest absolute Gasteiger partial charge is 0.274 e. The van der Waals surface area contributed by atoms with Crippen LogP contribution in [0.3, 0.4) is 0 Å². The average Bonchev–Trinajstić information content (AvgIpc) is 2.77. The molecule has 7 heteroatoms. The first-order valence-corrected chi connectivity index (χ1v) is 5.90. The molecule has 3 N–H and O–H groups in total. The maximum absolute atomic E-state index is 12.0. The molecule has 0 saturated heterocycles. The molecule has 6 nitrogen and oxygen atoms in total. The predicted molar refractivity (Wildman–Crippen MR) is 70.2 cm³/mol. The number of thiocarbonyl (C=S) groups is 1. The fraction of sp³-hybridized carbons (Fsp3) is 0.545. The van der Waals surface area contributed by atoms with Gasteiger partial charge in [-0.1, -0.05) is 24.3 Å². The van der Waals surface area contributed by atoms with Crippen LogP contribution in [0.4, 0.5) is 0 Å². The van der Waals surface area contributed by atoms with Gasteiger partial charge in [0.1, 0.15) is 6.61 Å². The predicted octanol–water partition coefficient (Wildman–Crippen LogP) is 1.01. The van der Waals surface area contributed by atoms with Crippen molar-refractivity contribution in [1.29, 1.82) is 0 Å². The summed E-state index contributed by atoms with van der Waals surface area (Å²) in [6.07, 6.45) is 0.594. The van der Waals surface area contributed by atoms with E-state index in [2.05, 4.69) is 10.5 Å². The van der Waals surface area contributed by atoms with Crippen molar-refractivity contribution in [1.82, 2.24) is 10.5 Å². The molecule has 0 saturated carbocycles. The number of nitrogens with two attached hydrogens (primary N) is 1. The molecule has 0 aliphatic heterocycles. The highest BCUT2D eigenvalue weighted by Crippen LogP contribution is 2.12. The molecule has 1 aromatic rings. The van der Waals surface area contributed by atoms with Gasteiger partial charge in [-0.05, 0) is 13.3 Å². The van der Waals surface area contributed by atoms with Crippen molar-refractivity contribution in [3.63, 3.8) is 0 Å². The van der Waals surface area contributed by atoms with Crippen molar-refractivity contribution in [2.75, 3.05) is 7.11 Å². The van der Waals surface area contributed by atoms with E-state index in [1.54, 1.807) is 6.92 Å². The summed E-state index contributed by atoms with van der Waals surface area (Å²) in [7, 11) is 1.53. The van der Waals surface area contributed by atoms with E-state index in [4.69, 9.17) is 27.2 Å². The lowest BCUT2D eigenvalue weighted by Gasteiger charge is -2.27. The highest BCUT2D eigenvalue weighted by molar-refractivity contribution is 7.80. The number of carbonyl (C=O) groups is 1. The number of methoxy groups -OCH3 is 1. The summed E-state index contributed by atoms with van der Waals surface area (Å²) in [5.41, 5.74) is 5.06. The summed E-state index contributed by atoms with van der Waals surface area (Å²) in [4.78, 5) is 12.2. The molecule has 100 valence electrons. The Labute approximate surface area is 111 Å². The number of aromatic nitrogens is 1. The molecule has 0 spiro atoms. The SMILES string of the molecule is CCC(C)(NC(=O)c1cc(COC)on1)C(N)=S. The van der Waals surface area contributed by atoms with Crippen molar-refractivity contribution in [3.8, 4) is 0 Å². The first kappa shape index (κ1) is 14.6. The van der Waals surface area contributed by atoms with Crippen molar-refractivity contribution >= 4 is 23.1 Å². The molecule has 1 rings (SSSR count). The van der Waals surface area contributed by atoms with Gasteiger partial charge in [0.25, 0.3) is 5.91 Å². The van der Waals surface area contributed by atoms with E-state index in [1.165, 1.54) is 13.2 Å². The second-order valence-corrected chi connectivity index (χ2v) is 4.56. The van der Waals surface area contributed by atoms with Gasteiger partial charge >= 0.3 is 0 Å². The Morgan fingerprint density at radius 2 is 2.39 bits per heavy atom. The molecule has 0 bridgehead atoms. The molecular formula is C11H17N3O3S. The fourth-order valence-electron chi connectivity index (χ4n) is 1.27. The molecule has 1 atom stereocenters. The maximum Gasteiger partial charge on any atom is 0.274 e. The summed E-state index contributed by atoms with van der Waals surface area (Å²) in [6, 6.07) is 1.52. The van der Waals surface area contributed by atoms with Gasteiger partial charge in [0.15, 0.2) is 11.5 Å². The first-order valence-electron chi connectivity index (χ1n) is 5.50. The molecule has 0 aliphatic carbocycles. The van der Waals surface area contributed by atoms with Gasteiger partial charge in [-0.25, -0.2) is 0 Å². The number of nitrogens with zero attached hydrogens (tertiary/aromatic N) is 1. The molecule has 1 aromatic heterocycles. The van der Waals surface area contributed by atoms with Gasteiger partial charge in [-0.2, -0.15) is 0 Å². The van der Waals surface area contributed by atoms with E-state index in [-0.39, 0.29) is 23.2 Å². The van der Waals surface area contributed by atoms with Crippen LogP contribution in [-0.2, 0) is 11.3 Å². The zero-order chi connectivity index (χ0) is 13.8. The van der Waals surface area contributed by atoms with Crippen LogP contribution < -0.4 is 11.1 Å². The second kappa shape index (κ2) is 5.92. The largest absolute Gasteiger partial charge is 0.391 e. The molecule has 18 heavy (non-hydrogen) atoms. The minimum absolute atomic E-state index is 0.179. The lowest BCUT2D eigenvalue weighted by Crippen LogP contribution is -2.54. The van der Waals surface area contributed by atoms with Crippen LogP contribution >= 0.6 is 12.2 Å². The molecule has 0 radical (unpaired) electrons. The number of nitrogens with one attached hydrogen (secondary N) is 1. The number of amides is 1. The third-order valence-electron chi connectivity index (χ3n) is 2.72. The zero-order valence-electron chi connectivity index (χ0n) is 10.6.